The molecule has 0 saturated carbocycles. The molecule has 14 heavy (non-hydrogen) atoms. The number of nitrogens with zero attached hydrogens (tertiary/aromatic N) is 2. The average Bonchev–Trinajstić information content (AvgIpc) is 2.48. The van der Waals surface area contributed by atoms with E-state index in [0.717, 1.165) is 10.6 Å². The molecule has 0 radical (unpaired) electrons. The maximum absolute atomic E-state index is 12.3. The minimum absolute atomic E-state index is 0.139. The van der Waals surface area contributed by atoms with E-state index in [-0.39, 0.29) is 11.7 Å². The van der Waals surface area contributed by atoms with E-state index in [1.165, 1.54) is 6.20 Å². The number of hydrogen-bond donors (Lipinski definition) is 0. The van der Waals surface area contributed by atoms with E-state index in [1.807, 2.05) is 0 Å². The second kappa shape index (κ2) is 3.01. The molecule has 0 amide bonds. The predicted molar refractivity (Wildman–Crippen MR) is 44.2 cm³/mol. The van der Waals surface area contributed by atoms with Crippen LogP contribution >= 0.6 is 11.8 Å². The highest BCUT2D eigenvalue weighted by atomic mass is 32.2. The summed E-state index contributed by atoms with van der Waals surface area (Å²) in [6.07, 6.45) is -3.06. The molecule has 0 spiro atoms. The van der Waals surface area contributed by atoms with Crippen LogP contribution in [0.15, 0.2) is 22.2 Å². The van der Waals surface area contributed by atoms with Crippen LogP contribution in [0.4, 0.5) is 13.2 Å². The van der Waals surface area contributed by atoms with Gasteiger partial charge in [-0.1, -0.05) is 11.8 Å². The molecule has 1 aliphatic rings. The Morgan fingerprint density at radius 3 is 2.86 bits per heavy atom. The van der Waals surface area contributed by atoms with Crippen LogP contribution in [0.2, 0.25) is 0 Å². The number of alkyl halides is 3. The van der Waals surface area contributed by atoms with Gasteiger partial charge in [-0.15, -0.1) is 0 Å². The Morgan fingerprint density at radius 1 is 1.57 bits per heavy atom. The first-order valence-corrected chi connectivity index (χ1v) is 4.65. The number of thioether (sulfide) groups is 1. The lowest BCUT2D eigenvalue weighted by Gasteiger charge is -2.10. The minimum atomic E-state index is -4.29. The zero-order valence-electron chi connectivity index (χ0n) is 6.78. The van der Waals surface area contributed by atoms with E-state index in [2.05, 4.69) is 4.98 Å². The summed E-state index contributed by atoms with van der Waals surface area (Å²) in [5.41, 5.74) is -0.436. The fourth-order valence-corrected chi connectivity index (χ4v) is 2.21. The molecule has 0 fully saturated rings. The number of fused-ring (bicyclic) bond motifs is 1. The summed E-state index contributed by atoms with van der Waals surface area (Å²) in [5.74, 6) is 0. The monoisotopic (exact) mass is 222 g/mol. The van der Waals surface area contributed by atoms with Gasteiger partial charge in [0, 0.05) is 18.8 Å². The van der Waals surface area contributed by atoms with Crippen LogP contribution in [0.1, 0.15) is 0 Å². The highest BCUT2D eigenvalue weighted by Crippen LogP contribution is 2.39. The van der Waals surface area contributed by atoms with Crippen LogP contribution < -0.4 is 5.56 Å². The molecule has 1 atom stereocenters. The third kappa shape index (κ3) is 1.52. The van der Waals surface area contributed by atoms with Crippen molar-refractivity contribution in [1.29, 1.82) is 0 Å². The molecular weight excluding hydrogens is 217 g/mol. The maximum atomic E-state index is 12.3. The summed E-state index contributed by atoms with van der Waals surface area (Å²) < 4.78 is 37.9. The lowest BCUT2D eigenvalue weighted by atomic mass is 10.4. The molecule has 1 unspecified atom stereocenters. The minimum Gasteiger partial charge on any atom is -0.286 e. The highest BCUT2D eigenvalue weighted by Gasteiger charge is 2.44. The van der Waals surface area contributed by atoms with Crippen LogP contribution in [-0.2, 0) is 6.54 Å². The van der Waals surface area contributed by atoms with Gasteiger partial charge in [0.15, 0.2) is 5.16 Å². The first-order chi connectivity index (χ1) is 6.48. The van der Waals surface area contributed by atoms with Gasteiger partial charge < -0.3 is 0 Å². The van der Waals surface area contributed by atoms with Crippen molar-refractivity contribution < 1.29 is 13.2 Å². The van der Waals surface area contributed by atoms with E-state index in [4.69, 9.17) is 0 Å². The van der Waals surface area contributed by atoms with Gasteiger partial charge >= 0.3 is 6.18 Å². The van der Waals surface area contributed by atoms with Crippen LogP contribution in [0.5, 0.6) is 0 Å². The van der Waals surface area contributed by atoms with Crippen molar-refractivity contribution in [2.24, 2.45) is 0 Å². The standard InChI is InChI=1S/C7H5F3N2OS/c8-7(9,10)4-3-12-5(13)1-2-11-6(12)14-4/h1-2,4H,3H2. The Morgan fingerprint density at radius 2 is 2.29 bits per heavy atom. The van der Waals surface area contributed by atoms with Crippen molar-refractivity contribution in [1.82, 2.24) is 9.55 Å². The third-order valence-corrected chi connectivity index (χ3v) is 3.10. The molecule has 7 heteroatoms. The Labute approximate surface area is 81.0 Å². The predicted octanol–water partition coefficient (Wildman–Crippen LogP) is 1.28. The normalized spacial score (nSPS) is 20.9. The van der Waals surface area contributed by atoms with Crippen molar-refractivity contribution in [2.75, 3.05) is 0 Å². The molecule has 3 nitrogen and oxygen atoms in total. The summed E-state index contributed by atoms with van der Waals surface area (Å²) >= 11 is 0.584. The van der Waals surface area contributed by atoms with Gasteiger partial charge in [-0.3, -0.25) is 9.36 Å². The molecule has 1 aromatic heterocycles. The molecule has 0 bridgehead atoms. The lowest BCUT2D eigenvalue weighted by Crippen LogP contribution is -2.29. The van der Waals surface area contributed by atoms with Crippen LogP contribution in [0.3, 0.4) is 0 Å². The Balaban J connectivity index is 2.35. The molecule has 76 valence electrons. The van der Waals surface area contributed by atoms with E-state index in [9.17, 15) is 18.0 Å². The molecule has 0 N–H and O–H groups in total. The highest BCUT2D eigenvalue weighted by molar-refractivity contribution is 8.00. The SMILES string of the molecule is O=c1ccnc2n1CC(C(F)(F)F)S2. The summed E-state index contributed by atoms with van der Waals surface area (Å²) in [6.45, 7) is -0.337. The van der Waals surface area contributed by atoms with Gasteiger partial charge in [0.25, 0.3) is 5.56 Å². The Bertz CT molecular complexity index is 414. The molecule has 2 heterocycles. The number of hydrogen-bond acceptors (Lipinski definition) is 3. The fraction of sp³-hybridized carbons (Fsp3) is 0.429. The molecule has 0 aromatic carbocycles. The topological polar surface area (TPSA) is 34.9 Å². The number of aromatic nitrogens is 2. The molecule has 0 aliphatic carbocycles. The zero-order valence-corrected chi connectivity index (χ0v) is 7.60. The molecule has 1 aromatic rings. The quantitative estimate of drug-likeness (QED) is 0.620. The zero-order chi connectivity index (χ0) is 10.3. The van der Waals surface area contributed by atoms with Gasteiger partial charge in [-0.05, 0) is 0 Å². The summed E-state index contributed by atoms with van der Waals surface area (Å²) in [7, 11) is 0. The first-order valence-electron chi connectivity index (χ1n) is 3.78. The first kappa shape index (κ1) is 9.57. The van der Waals surface area contributed by atoms with Crippen molar-refractivity contribution in [2.45, 2.75) is 23.1 Å². The maximum Gasteiger partial charge on any atom is 0.402 e. The summed E-state index contributed by atoms with van der Waals surface area (Å²) in [5, 5.41) is -1.41. The lowest BCUT2D eigenvalue weighted by molar-refractivity contribution is -0.130. The van der Waals surface area contributed by atoms with Crippen molar-refractivity contribution in [3.05, 3.63) is 22.6 Å². The molecule has 2 rings (SSSR count). The average molecular weight is 222 g/mol. The summed E-state index contributed by atoms with van der Waals surface area (Å²) in [4.78, 5) is 14.8. The van der Waals surface area contributed by atoms with E-state index in [0.29, 0.717) is 11.8 Å². The largest absolute Gasteiger partial charge is 0.402 e. The third-order valence-electron chi connectivity index (χ3n) is 1.86. The Hall–Kier alpha value is -0.980. The second-order valence-corrected chi connectivity index (χ2v) is 3.99. The smallest absolute Gasteiger partial charge is 0.286 e. The molecular formula is C7H5F3N2OS. The van der Waals surface area contributed by atoms with Gasteiger partial charge in [0.05, 0.1) is 0 Å². The van der Waals surface area contributed by atoms with Gasteiger partial charge in [-0.25, -0.2) is 4.98 Å². The van der Waals surface area contributed by atoms with Gasteiger partial charge in [0.2, 0.25) is 0 Å². The number of rotatable bonds is 0. The van der Waals surface area contributed by atoms with Crippen LogP contribution in [0, 0.1) is 0 Å². The van der Waals surface area contributed by atoms with Crippen LogP contribution in [-0.4, -0.2) is 21.0 Å². The van der Waals surface area contributed by atoms with E-state index < -0.39 is 17.0 Å². The van der Waals surface area contributed by atoms with Crippen LogP contribution in [0.25, 0.3) is 0 Å². The fourth-order valence-electron chi connectivity index (χ4n) is 1.18. The van der Waals surface area contributed by atoms with E-state index in [1.54, 1.807) is 0 Å². The van der Waals surface area contributed by atoms with Crippen molar-refractivity contribution in [3.8, 4) is 0 Å². The molecule has 1 aliphatic heterocycles. The second-order valence-electron chi connectivity index (χ2n) is 2.82. The molecule has 0 saturated heterocycles. The van der Waals surface area contributed by atoms with Crippen molar-refractivity contribution in [3.63, 3.8) is 0 Å². The number of halogens is 3. The van der Waals surface area contributed by atoms with Gasteiger partial charge in [0.1, 0.15) is 5.25 Å². The van der Waals surface area contributed by atoms with Crippen molar-refractivity contribution >= 4 is 11.8 Å². The Kier molecular flexibility index (Phi) is 2.06. The van der Waals surface area contributed by atoms with E-state index >= 15 is 0 Å². The van der Waals surface area contributed by atoms with Gasteiger partial charge in [-0.2, -0.15) is 13.2 Å². The summed E-state index contributed by atoms with van der Waals surface area (Å²) in [6, 6.07) is 1.16.